The number of aromatic nitrogens is 11. The second kappa shape index (κ2) is 25.7. The van der Waals surface area contributed by atoms with E-state index < -0.39 is 0 Å². The quantitative estimate of drug-likeness (QED) is 0.134. The number of aryl methyl sites for hydroxylation is 6. The van der Waals surface area contributed by atoms with E-state index in [1.807, 2.05) is 130 Å². The van der Waals surface area contributed by atoms with Crippen molar-refractivity contribution in [1.29, 1.82) is 0 Å². The van der Waals surface area contributed by atoms with Crippen molar-refractivity contribution in [2.75, 3.05) is 0 Å². The highest BCUT2D eigenvalue weighted by Crippen LogP contribution is 2.29. The number of pyridine rings is 11. The van der Waals surface area contributed by atoms with Gasteiger partial charge in [0.15, 0.2) is 0 Å². The van der Waals surface area contributed by atoms with Crippen LogP contribution in [-0.2, 0) is 0 Å². The number of benzene rings is 7. The van der Waals surface area contributed by atoms with Gasteiger partial charge in [0.05, 0.1) is 60.7 Å². The van der Waals surface area contributed by atoms with Gasteiger partial charge < -0.3 is 0 Å². The molecular weight excluding hydrogens is 1100 g/mol. The van der Waals surface area contributed by atoms with E-state index >= 15 is 0 Å². The summed E-state index contributed by atoms with van der Waals surface area (Å²) >= 11 is 0. The molecule has 0 unspecified atom stereocenters. The highest BCUT2D eigenvalue weighted by Gasteiger charge is 2.09. The van der Waals surface area contributed by atoms with Crippen LogP contribution >= 0.6 is 0 Å². The zero-order valence-electron chi connectivity index (χ0n) is 50.7. The molecule has 18 rings (SSSR count). The minimum Gasteiger partial charge on any atom is -0.255 e. The number of rotatable bonds is 0. The fourth-order valence-electron chi connectivity index (χ4n) is 11.4. The van der Waals surface area contributed by atoms with Gasteiger partial charge in [0.2, 0.25) is 0 Å². The van der Waals surface area contributed by atoms with Gasteiger partial charge in [0.25, 0.3) is 0 Å². The molecule has 0 spiro atoms. The van der Waals surface area contributed by atoms with E-state index in [0.29, 0.717) is 0 Å². The van der Waals surface area contributed by atoms with Crippen molar-refractivity contribution in [3.05, 3.63) is 296 Å². The standard InChI is InChI=1S/C14H11N.5C13H10N2/c1-10-5-4-8-13-12-7-3-2-6-11(12)9-15-14(10)13;1-9-8-10-4-2-6-14-12(10)13-11(9)5-3-7-15-13;2*1-9-4-5-11-7-6-10-3-2-8-14-12(10)13(11)15-9;1-9-6-8-15-13-11(9)5-4-10-3-2-7-14-12(10)13;1-9-7-11-5-4-10-3-2-6-14-12(10)13(11)15-8-9/h2-9H,1H3;5*2-8H,1H3. The van der Waals surface area contributed by atoms with Crippen molar-refractivity contribution in [1.82, 2.24) is 54.8 Å². The number of hydrogen-bond acceptors (Lipinski definition) is 11. The summed E-state index contributed by atoms with van der Waals surface area (Å²) in [5.41, 5.74) is 17.9. The summed E-state index contributed by atoms with van der Waals surface area (Å²) in [5, 5.41) is 15.3. The number of fused-ring (bicyclic) bond motifs is 18. The van der Waals surface area contributed by atoms with Gasteiger partial charge in [-0.05, 0) is 136 Å². The summed E-state index contributed by atoms with van der Waals surface area (Å²) in [5.74, 6) is 0. The average molecular weight is 1160 g/mol. The van der Waals surface area contributed by atoms with Crippen LogP contribution in [0.2, 0.25) is 0 Å². The van der Waals surface area contributed by atoms with Crippen molar-refractivity contribution in [3.8, 4) is 0 Å². The van der Waals surface area contributed by atoms with E-state index in [9.17, 15) is 0 Å². The molecule has 0 saturated carbocycles. The van der Waals surface area contributed by atoms with Gasteiger partial charge in [0.1, 0.15) is 0 Å². The summed E-state index contributed by atoms with van der Waals surface area (Å²) < 4.78 is 0. The Morgan fingerprint density at radius 1 is 0.200 bits per heavy atom. The first-order chi connectivity index (χ1) is 44.1. The lowest BCUT2D eigenvalue weighted by molar-refractivity contribution is 1.25. The number of nitrogens with zero attached hydrogens (tertiary/aromatic N) is 11. The van der Waals surface area contributed by atoms with Gasteiger partial charge in [-0.2, -0.15) is 0 Å². The van der Waals surface area contributed by atoms with E-state index in [0.717, 1.165) is 115 Å². The van der Waals surface area contributed by atoms with Crippen LogP contribution in [0.25, 0.3) is 131 Å². The molecule has 0 bridgehead atoms. The van der Waals surface area contributed by atoms with Crippen molar-refractivity contribution >= 4 is 131 Å². The van der Waals surface area contributed by atoms with Gasteiger partial charge >= 0.3 is 0 Å². The molecule has 90 heavy (non-hydrogen) atoms. The average Bonchev–Trinajstić information content (AvgIpc) is 1.89. The second-order valence-corrected chi connectivity index (χ2v) is 22.2. The van der Waals surface area contributed by atoms with Crippen molar-refractivity contribution < 1.29 is 0 Å². The lowest BCUT2D eigenvalue weighted by atomic mass is 10.0. The van der Waals surface area contributed by atoms with Gasteiger partial charge in [0, 0.05) is 132 Å². The maximum Gasteiger partial charge on any atom is 0.0967 e. The predicted molar refractivity (Wildman–Crippen MR) is 373 cm³/mol. The minimum atomic E-state index is 0.981. The van der Waals surface area contributed by atoms with Crippen molar-refractivity contribution in [3.63, 3.8) is 0 Å². The second-order valence-electron chi connectivity index (χ2n) is 22.2. The molecule has 0 aliphatic rings. The molecule has 0 aliphatic carbocycles. The van der Waals surface area contributed by atoms with Gasteiger partial charge in [-0.25, -0.2) is 0 Å². The Labute approximate surface area is 520 Å². The van der Waals surface area contributed by atoms with Crippen molar-refractivity contribution in [2.24, 2.45) is 0 Å². The van der Waals surface area contributed by atoms with Crippen LogP contribution in [0.5, 0.6) is 0 Å². The zero-order valence-corrected chi connectivity index (χ0v) is 50.7. The van der Waals surface area contributed by atoms with Crippen molar-refractivity contribution in [2.45, 2.75) is 41.5 Å². The van der Waals surface area contributed by atoms with Crippen LogP contribution in [0.4, 0.5) is 0 Å². The molecule has 18 aromatic rings. The zero-order chi connectivity index (χ0) is 61.5. The molecule has 7 aromatic carbocycles. The molecule has 0 radical (unpaired) electrons. The first-order valence-electron chi connectivity index (χ1n) is 29.9. The van der Waals surface area contributed by atoms with E-state index in [2.05, 4.69) is 228 Å². The predicted octanol–water partition coefficient (Wildman–Crippen LogP) is 19.2. The molecule has 0 amide bonds. The van der Waals surface area contributed by atoms with E-state index in [1.165, 1.54) is 49.2 Å². The maximum absolute atomic E-state index is 4.54. The Morgan fingerprint density at radius 2 is 0.578 bits per heavy atom. The van der Waals surface area contributed by atoms with Crippen LogP contribution < -0.4 is 0 Å². The molecule has 11 nitrogen and oxygen atoms in total. The third kappa shape index (κ3) is 12.1. The lowest BCUT2D eigenvalue weighted by Gasteiger charge is -2.04. The van der Waals surface area contributed by atoms with Gasteiger partial charge in [-0.15, -0.1) is 0 Å². The van der Waals surface area contributed by atoms with Gasteiger partial charge in [-0.3, -0.25) is 54.8 Å². The summed E-state index contributed by atoms with van der Waals surface area (Å²) in [7, 11) is 0. The maximum atomic E-state index is 4.54. The van der Waals surface area contributed by atoms with Crippen LogP contribution in [-0.4, -0.2) is 54.8 Å². The first-order valence-corrected chi connectivity index (χ1v) is 29.9. The van der Waals surface area contributed by atoms with Gasteiger partial charge in [-0.1, -0.05) is 140 Å². The SMILES string of the molecule is Cc1cc2cccnc2c2ncccc12.Cc1ccc2ccc3cccnc3c2n1.Cc1ccc2ccc3cccnc3c2n1.Cc1cccc2c1ncc1ccccc12.Cc1ccnc2c1ccc1cccnc12.Cc1cnc2c(ccc3cccnc32)c1. The summed E-state index contributed by atoms with van der Waals surface area (Å²) in [6.45, 7) is 12.4. The van der Waals surface area contributed by atoms with E-state index in [1.54, 1.807) is 0 Å². The highest BCUT2D eigenvalue weighted by molar-refractivity contribution is 6.08. The molecule has 11 aromatic heterocycles. The molecule has 11 heterocycles. The number of hydrogen-bond donors (Lipinski definition) is 0. The Morgan fingerprint density at radius 3 is 1.17 bits per heavy atom. The van der Waals surface area contributed by atoms with E-state index in [-0.39, 0.29) is 0 Å². The molecule has 0 aliphatic heterocycles. The van der Waals surface area contributed by atoms with Crippen LogP contribution in [0.1, 0.15) is 33.6 Å². The molecule has 0 saturated heterocycles. The summed E-state index contributed by atoms with van der Waals surface area (Å²) in [6, 6.07) is 70.1. The molecular formula is C79H61N11. The largest absolute Gasteiger partial charge is 0.255 e. The number of para-hydroxylation sites is 1. The monoisotopic (exact) mass is 1160 g/mol. The minimum absolute atomic E-state index is 0.981. The Bertz CT molecular complexity index is 5320. The normalized spacial score (nSPS) is 11.0. The first kappa shape index (κ1) is 57.4. The molecule has 0 atom stereocenters. The topological polar surface area (TPSA) is 142 Å². The fourth-order valence-corrected chi connectivity index (χ4v) is 11.4. The Kier molecular flexibility index (Phi) is 16.4. The van der Waals surface area contributed by atoms with E-state index in [4.69, 9.17) is 0 Å². The highest BCUT2D eigenvalue weighted by atomic mass is 14.8. The summed E-state index contributed by atoms with van der Waals surface area (Å²) in [6.07, 6.45) is 16.5. The Hall–Kier alpha value is -11.7. The fraction of sp³-hybridized carbons (Fsp3) is 0.0759. The third-order valence-electron chi connectivity index (χ3n) is 15.9. The van der Waals surface area contributed by atoms with Crippen LogP contribution in [0, 0.1) is 41.5 Å². The molecule has 0 N–H and O–H groups in total. The molecule has 432 valence electrons. The molecule has 11 heteroatoms. The lowest BCUT2D eigenvalue weighted by Crippen LogP contribution is -1.86. The van der Waals surface area contributed by atoms with Crippen LogP contribution in [0.15, 0.2) is 262 Å². The molecule has 0 fully saturated rings. The smallest absolute Gasteiger partial charge is 0.0967 e. The third-order valence-corrected chi connectivity index (χ3v) is 15.9. The Balaban J connectivity index is 0.0000000991. The van der Waals surface area contributed by atoms with Crippen LogP contribution in [0.3, 0.4) is 0 Å². The summed E-state index contributed by atoms with van der Waals surface area (Å²) in [4.78, 5) is 48.8.